The Morgan fingerprint density at radius 3 is 2.52 bits per heavy atom. The third kappa shape index (κ3) is 2.84. The van der Waals surface area contributed by atoms with Crippen molar-refractivity contribution in [3.05, 3.63) is 70.6 Å². The fourth-order valence-corrected chi connectivity index (χ4v) is 5.35. The van der Waals surface area contributed by atoms with E-state index in [0.717, 1.165) is 22.5 Å². The molecule has 0 aromatic heterocycles. The summed E-state index contributed by atoms with van der Waals surface area (Å²) in [4.78, 5) is 14.2. The number of thiocarbonyl (C=S) groups is 1. The normalized spacial score (nSPS) is 23.6. The minimum Gasteiger partial charge on any atom is -0.307 e. The van der Waals surface area contributed by atoms with E-state index in [1.807, 2.05) is 30.0 Å². The molecule has 0 radical (unpaired) electrons. The van der Waals surface area contributed by atoms with E-state index in [0.29, 0.717) is 9.57 Å². The molecular formula is C18H13NOS3. The highest BCUT2D eigenvalue weighted by Gasteiger charge is 2.32. The van der Waals surface area contributed by atoms with Crippen molar-refractivity contribution in [3.63, 3.8) is 0 Å². The van der Waals surface area contributed by atoms with E-state index in [9.17, 15) is 4.79 Å². The van der Waals surface area contributed by atoms with Crippen LogP contribution in [0.2, 0.25) is 0 Å². The van der Waals surface area contributed by atoms with Crippen molar-refractivity contribution in [2.75, 3.05) is 0 Å². The van der Waals surface area contributed by atoms with Crippen LogP contribution in [0.5, 0.6) is 0 Å². The molecule has 1 N–H and O–H groups in total. The van der Waals surface area contributed by atoms with Gasteiger partial charge < -0.3 is 5.32 Å². The molecule has 2 aromatic carbocycles. The molecule has 1 atom stereocenters. The SMILES string of the molecule is O=C1NC(=S)S/C1=C1/CC(c2ccccc2)Sc2ccccc21. The Morgan fingerprint density at radius 1 is 1.04 bits per heavy atom. The topological polar surface area (TPSA) is 29.1 Å². The smallest absolute Gasteiger partial charge is 0.263 e. The van der Waals surface area contributed by atoms with Crippen LogP contribution in [0.15, 0.2) is 64.4 Å². The number of allylic oxidation sites excluding steroid dienone is 1. The molecule has 2 aliphatic heterocycles. The summed E-state index contributed by atoms with van der Waals surface area (Å²) < 4.78 is 0.546. The summed E-state index contributed by atoms with van der Waals surface area (Å²) in [5.74, 6) is -0.0662. The first kappa shape index (κ1) is 15.0. The van der Waals surface area contributed by atoms with E-state index in [4.69, 9.17) is 12.2 Å². The summed E-state index contributed by atoms with van der Waals surface area (Å²) in [6.45, 7) is 0. The first-order chi connectivity index (χ1) is 11.2. The molecule has 0 saturated carbocycles. The standard InChI is InChI=1S/C18H13NOS3/c20-17-16(23-18(21)19-17)13-10-15(11-6-2-1-3-7-11)22-14-9-5-4-8-12(13)14/h1-9,15H,10H2,(H,19,20,21)/b16-13-. The Hall–Kier alpha value is -1.56. The van der Waals surface area contributed by atoms with Gasteiger partial charge in [0.15, 0.2) is 0 Å². The number of thioether (sulfide) groups is 2. The first-order valence-corrected chi connectivity index (χ1v) is 9.40. The second kappa shape index (κ2) is 6.15. The average Bonchev–Trinajstić information content (AvgIpc) is 2.93. The molecule has 5 heteroatoms. The zero-order valence-corrected chi connectivity index (χ0v) is 14.6. The van der Waals surface area contributed by atoms with Crippen LogP contribution in [0.4, 0.5) is 0 Å². The van der Waals surface area contributed by atoms with Crippen LogP contribution < -0.4 is 5.32 Å². The molecule has 114 valence electrons. The van der Waals surface area contributed by atoms with Gasteiger partial charge in [-0.3, -0.25) is 4.79 Å². The van der Waals surface area contributed by atoms with Gasteiger partial charge in [-0.2, -0.15) is 0 Å². The maximum atomic E-state index is 12.3. The number of nitrogens with one attached hydrogen (secondary N) is 1. The van der Waals surface area contributed by atoms with Gasteiger partial charge in [-0.15, -0.1) is 11.8 Å². The monoisotopic (exact) mass is 355 g/mol. The molecule has 1 unspecified atom stereocenters. The Bertz CT molecular complexity index is 829. The maximum absolute atomic E-state index is 12.3. The molecule has 1 saturated heterocycles. The zero-order valence-electron chi connectivity index (χ0n) is 12.1. The number of fused-ring (bicyclic) bond motifs is 1. The summed E-state index contributed by atoms with van der Waals surface area (Å²) in [5, 5.41) is 3.06. The summed E-state index contributed by atoms with van der Waals surface area (Å²) in [6, 6.07) is 18.8. The minimum atomic E-state index is -0.0662. The lowest BCUT2D eigenvalue weighted by Crippen LogP contribution is -2.18. The van der Waals surface area contributed by atoms with Crippen molar-refractivity contribution < 1.29 is 4.79 Å². The summed E-state index contributed by atoms with van der Waals surface area (Å²) in [7, 11) is 0. The van der Waals surface area contributed by atoms with Gasteiger partial charge in [0.1, 0.15) is 4.32 Å². The van der Waals surface area contributed by atoms with Gasteiger partial charge in [-0.05, 0) is 29.2 Å². The molecule has 0 aliphatic carbocycles. The van der Waals surface area contributed by atoms with Gasteiger partial charge in [0.05, 0.1) is 4.91 Å². The van der Waals surface area contributed by atoms with E-state index in [1.54, 1.807) is 0 Å². The van der Waals surface area contributed by atoms with Crippen molar-refractivity contribution in [2.24, 2.45) is 0 Å². The number of hydrogen-bond acceptors (Lipinski definition) is 4. The maximum Gasteiger partial charge on any atom is 0.263 e. The first-order valence-electron chi connectivity index (χ1n) is 7.29. The summed E-state index contributed by atoms with van der Waals surface area (Å²) in [5.41, 5.74) is 3.55. The summed E-state index contributed by atoms with van der Waals surface area (Å²) >= 11 is 8.40. The van der Waals surface area contributed by atoms with Crippen molar-refractivity contribution in [1.82, 2.24) is 5.32 Å². The molecule has 2 nitrogen and oxygen atoms in total. The third-order valence-corrected chi connectivity index (χ3v) is 6.54. The third-order valence-electron chi connectivity index (χ3n) is 3.93. The predicted molar refractivity (Wildman–Crippen MR) is 101 cm³/mol. The van der Waals surface area contributed by atoms with Crippen LogP contribution in [0, 0.1) is 0 Å². The fourth-order valence-electron chi connectivity index (χ4n) is 2.89. The molecule has 2 aliphatic rings. The quantitative estimate of drug-likeness (QED) is 0.589. The van der Waals surface area contributed by atoms with E-state index < -0.39 is 0 Å². The molecule has 2 aromatic rings. The van der Waals surface area contributed by atoms with Crippen molar-refractivity contribution in [3.8, 4) is 0 Å². The van der Waals surface area contributed by atoms with Gasteiger partial charge in [0.25, 0.3) is 5.91 Å². The van der Waals surface area contributed by atoms with Crippen molar-refractivity contribution in [1.29, 1.82) is 0 Å². The number of carbonyl (C=O) groups excluding carboxylic acids is 1. The van der Waals surface area contributed by atoms with Crippen LogP contribution >= 0.6 is 35.7 Å². The Labute approximate surface area is 148 Å². The van der Waals surface area contributed by atoms with E-state index in [2.05, 4.69) is 41.7 Å². The largest absolute Gasteiger partial charge is 0.307 e. The number of amides is 1. The molecular weight excluding hydrogens is 342 g/mol. The molecule has 0 spiro atoms. The van der Waals surface area contributed by atoms with E-state index in [1.165, 1.54) is 22.2 Å². The number of rotatable bonds is 1. The summed E-state index contributed by atoms with van der Waals surface area (Å²) in [6.07, 6.45) is 0.837. The molecule has 2 heterocycles. The number of hydrogen-bond donors (Lipinski definition) is 1. The second-order valence-corrected chi connectivity index (χ2v) is 8.30. The zero-order chi connectivity index (χ0) is 15.8. The van der Waals surface area contributed by atoms with Crippen LogP contribution in [0.3, 0.4) is 0 Å². The van der Waals surface area contributed by atoms with Crippen LogP contribution in [0.1, 0.15) is 22.8 Å². The average molecular weight is 356 g/mol. The van der Waals surface area contributed by atoms with Crippen molar-refractivity contribution >= 4 is 51.5 Å². The van der Waals surface area contributed by atoms with Crippen LogP contribution in [-0.2, 0) is 4.79 Å². The lowest BCUT2D eigenvalue weighted by atomic mass is 9.96. The molecule has 1 fully saturated rings. The minimum absolute atomic E-state index is 0.0662. The highest BCUT2D eigenvalue weighted by atomic mass is 32.2. The highest BCUT2D eigenvalue weighted by molar-refractivity contribution is 8.26. The van der Waals surface area contributed by atoms with Gasteiger partial charge in [-0.25, -0.2) is 0 Å². The molecule has 4 rings (SSSR count). The second-order valence-electron chi connectivity index (χ2n) is 5.37. The molecule has 1 amide bonds. The highest BCUT2D eigenvalue weighted by Crippen LogP contribution is 2.51. The van der Waals surface area contributed by atoms with Gasteiger partial charge >= 0.3 is 0 Å². The van der Waals surface area contributed by atoms with Gasteiger partial charge in [0, 0.05) is 10.1 Å². The lowest BCUT2D eigenvalue weighted by molar-refractivity contribution is -0.115. The van der Waals surface area contributed by atoms with Crippen LogP contribution in [0.25, 0.3) is 5.57 Å². The number of carbonyl (C=O) groups is 1. The Morgan fingerprint density at radius 2 is 1.78 bits per heavy atom. The lowest BCUT2D eigenvalue weighted by Gasteiger charge is -2.27. The Balaban J connectivity index is 1.83. The van der Waals surface area contributed by atoms with Gasteiger partial charge in [-0.1, -0.05) is 72.5 Å². The van der Waals surface area contributed by atoms with Gasteiger partial charge in [0.2, 0.25) is 0 Å². The Kier molecular flexibility index (Phi) is 4.01. The van der Waals surface area contributed by atoms with E-state index in [-0.39, 0.29) is 5.91 Å². The molecule has 0 bridgehead atoms. The fraction of sp³-hybridized carbons (Fsp3) is 0.111. The van der Waals surface area contributed by atoms with E-state index >= 15 is 0 Å². The van der Waals surface area contributed by atoms with Crippen molar-refractivity contribution in [2.45, 2.75) is 16.6 Å². The predicted octanol–water partition coefficient (Wildman–Crippen LogP) is 4.78. The number of benzene rings is 2. The molecule has 23 heavy (non-hydrogen) atoms. The van der Waals surface area contributed by atoms with Crippen LogP contribution in [-0.4, -0.2) is 10.2 Å².